The summed E-state index contributed by atoms with van der Waals surface area (Å²) in [5.41, 5.74) is 7.89. The predicted octanol–water partition coefficient (Wildman–Crippen LogP) is 4.28. The molecule has 1 saturated heterocycles. The Kier molecular flexibility index (Phi) is 7.73. The zero-order chi connectivity index (χ0) is 25.9. The first-order valence-corrected chi connectivity index (χ1v) is 12.5. The maximum atomic E-state index is 15.3. The van der Waals surface area contributed by atoms with E-state index in [1.807, 2.05) is 32.9 Å². The maximum Gasteiger partial charge on any atom is 0.322 e. The second kappa shape index (κ2) is 10.8. The number of nitrogens with one attached hydrogen (secondary N) is 2. The summed E-state index contributed by atoms with van der Waals surface area (Å²) in [4.78, 5) is 31.4. The van der Waals surface area contributed by atoms with Crippen molar-refractivity contribution in [2.24, 2.45) is 5.11 Å². The van der Waals surface area contributed by atoms with Crippen LogP contribution in [0, 0.1) is 11.3 Å². The topological polar surface area (TPSA) is 101 Å². The summed E-state index contributed by atoms with van der Waals surface area (Å²) < 4.78 is 20.7. The molecule has 9 nitrogen and oxygen atoms in total. The van der Waals surface area contributed by atoms with Gasteiger partial charge >= 0.3 is 6.03 Å². The smallest absolute Gasteiger partial charge is 0.322 e. The molecular formula is C26H35FN6O3. The number of ether oxygens (including phenoxy) is 1. The first-order chi connectivity index (χ1) is 17.2. The molecular weight excluding hydrogens is 463 g/mol. The lowest BCUT2D eigenvalue weighted by Gasteiger charge is -2.38. The summed E-state index contributed by atoms with van der Waals surface area (Å²) in [5, 5.41) is 6.44. The molecule has 0 bridgehead atoms. The minimum atomic E-state index is -0.641. The van der Waals surface area contributed by atoms with E-state index in [9.17, 15) is 9.59 Å². The summed E-state index contributed by atoms with van der Waals surface area (Å²) in [5.74, 6) is -0.499. The number of carbonyl (C=O) groups is 2. The zero-order valence-corrected chi connectivity index (χ0v) is 21.2. The number of halogens is 1. The molecule has 3 amide bonds. The fourth-order valence-corrected chi connectivity index (χ4v) is 4.63. The van der Waals surface area contributed by atoms with Gasteiger partial charge in [0.15, 0.2) is 0 Å². The molecule has 4 rings (SSSR count). The molecule has 0 aromatic heterocycles. The van der Waals surface area contributed by atoms with Crippen molar-refractivity contribution in [2.45, 2.75) is 51.6 Å². The van der Waals surface area contributed by atoms with E-state index in [-0.39, 0.29) is 29.2 Å². The van der Waals surface area contributed by atoms with Gasteiger partial charge in [0.25, 0.3) is 5.91 Å². The molecule has 0 unspecified atom stereocenters. The highest BCUT2D eigenvalue weighted by atomic mass is 19.1. The molecule has 2 N–H and O–H groups in total. The average Bonchev–Trinajstić information content (AvgIpc) is 2.82. The third-order valence-electron chi connectivity index (χ3n) is 6.81. The van der Waals surface area contributed by atoms with E-state index in [0.29, 0.717) is 45.2 Å². The zero-order valence-electron chi connectivity index (χ0n) is 21.2. The number of benzene rings is 1. The Labute approximate surface area is 211 Å². The predicted molar refractivity (Wildman–Crippen MR) is 134 cm³/mol. The number of piperazine rings is 1. The van der Waals surface area contributed by atoms with Gasteiger partial charge in [-0.15, -0.1) is 5.11 Å². The highest BCUT2D eigenvalue weighted by Gasteiger charge is 2.33. The summed E-state index contributed by atoms with van der Waals surface area (Å²) >= 11 is 0. The number of amides is 3. The van der Waals surface area contributed by atoms with Crippen LogP contribution in [-0.4, -0.2) is 72.6 Å². The number of urea groups is 1. The third kappa shape index (κ3) is 5.75. The van der Waals surface area contributed by atoms with Gasteiger partial charge in [0.1, 0.15) is 12.4 Å². The van der Waals surface area contributed by atoms with Crippen LogP contribution in [0.2, 0.25) is 0 Å². The monoisotopic (exact) mass is 498 g/mol. The van der Waals surface area contributed by atoms with Crippen LogP contribution in [0.1, 0.15) is 50.4 Å². The number of hydrogen-bond acceptors (Lipinski definition) is 6. The van der Waals surface area contributed by atoms with Crippen LogP contribution in [0.3, 0.4) is 0 Å². The molecule has 36 heavy (non-hydrogen) atoms. The second-order valence-corrected chi connectivity index (χ2v) is 10.5. The summed E-state index contributed by atoms with van der Waals surface area (Å²) in [6.07, 6.45) is 6.78. The van der Waals surface area contributed by atoms with Gasteiger partial charge in [0, 0.05) is 55.4 Å². The van der Waals surface area contributed by atoms with E-state index < -0.39 is 11.4 Å². The van der Waals surface area contributed by atoms with Crippen LogP contribution in [0.5, 0.6) is 0 Å². The molecule has 2 aliphatic heterocycles. The molecule has 0 radical (unpaired) electrons. The van der Waals surface area contributed by atoms with E-state index in [1.54, 1.807) is 11.0 Å². The lowest BCUT2D eigenvalue weighted by Crippen LogP contribution is -2.54. The van der Waals surface area contributed by atoms with Crippen molar-refractivity contribution in [2.75, 3.05) is 44.2 Å². The highest BCUT2D eigenvalue weighted by Crippen LogP contribution is 2.29. The van der Waals surface area contributed by atoms with Gasteiger partial charge in [-0.05, 0) is 64.3 Å². The highest BCUT2D eigenvalue weighted by molar-refractivity contribution is 5.97. The Morgan fingerprint density at radius 3 is 2.53 bits per heavy atom. The van der Waals surface area contributed by atoms with E-state index >= 15 is 4.39 Å². The minimum Gasteiger partial charge on any atom is -0.472 e. The van der Waals surface area contributed by atoms with E-state index in [0.717, 1.165) is 24.8 Å². The van der Waals surface area contributed by atoms with Crippen molar-refractivity contribution in [1.29, 1.82) is 5.53 Å². The van der Waals surface area contributed by atoms with Gasteiger partial charge in [-0.2, -0.15) is 0 Å². The van der Waals surface area contributed by atoms with Gasteiger partial charge in [-0.3, -0.25) is 14.6 Å². The summed E-state index contributed by atoms with van der Waals surface area (Å²) in [6.45, 7) is 8.88. The molecule has 1 aromatic rings. The fourth-order valence-electron chi connectivity index (χ4n) is 4.63. The van der Waals surface area contributed by atoms with Gasteiger partial charge in [0.05, 0.1) is 5.69 Å². The minimum absolute atomic E-state index is 0.135. The van der Waals surface area contributed by atoms with Crippen LogP contribution in [0.25, 0.3) is 0 Å². The largest absolute Gasteiger partial charge is 0.472 e. The number of rotatable bonds is 6. The SMILES string of the molecule is CC(C)(C)N(C(=O)NC1CCC1)c1ccc(C(=O)N2CCN(CC3=C(N=N)OCC=C3)CC2)cc1F. The van der Waals surface area contributed by atoms with Crippen molar-refractivity contribution in [1.82, 2.24) is 15.1 Å². The van der Waals surface area contributed by atoms with Crippen LogP contribution in [0.4, 0.5) is 14.9 Å². The lowest BCUT2D eigenvalue weighted by molar-refractivity contribution is 0.0645. The van der Waals surface area contributed by atoms with Gasteiger partial charge in [0.2, 0.25) is 5.88 Å². The van der Waals surface area contributed by atoms with E-state index in [4.69, 9.17) is 10.3 Å². The van der Waals surface area contributed by atoms with Crippen LogP contribution in [-0.2, 0) is 4.74 Å². The van der Waals surface area contributed by atoms with Crippen molar-refractivity contribution < 1.29 is 18.7 Å². The molecule has 1 aromatic carbocycles. The number of anilines is 1. The molecule has 2 fully saturated rings. The number of hydrogen-bond donors (Lipinski definition) is 2. The Bertz CT molecular complexity index is 1070. The summed E-state index contributed by atoms with van der Waals surface area (Å²) in [6, 6.07) is 4.17. The third-order valence-corrected chi connectivity index (χ3v) is 6.81. The molecule has 3 aliphatic rings. The van der Waals surface area contributed by atoms with Crippen LogP contribution in [0.15, 0.2) is 46.9 Å². The quantitative estimate of drug-likeness (QED) is 0.572. The Hall–Kier alpha value is -3.27. The normalized spacial score (nSPS) is 18.9. The van der Waals surface area contributed by atoms with Gasteiger partial charge in [-0.25, -0.2) is 14.7 Å². The molecule has 0 atom stereocenters. The second-order valence-electron chi connectivity index (χ2n) is 10.5. The van der Waals surface area contributed by atoms with E-state index in [2.05, 4.69) is 15.3 Å². The molecule has 2 heterocycles. The van der Waals surface area contributed by atoms with Crippen molar-refractivity contribution in [3.05, 3.63) is 53.2 Å². The molecule has 1 aliphatic carbocycles. The van der Waals surface area contributed by atoms with E-state index in [1.165, 1.54) is 17.0 Å². The number of nitrogens with zero attached hydrogens (tertiary/aromatic N) is 4. The fraction of sp³-hybridized carbons (Fsp3) is 0.538. The lowest BCUT2D eigenvalue weighted by atomic mass is 9.93. The number of carbonyl (C=O) groups excluding carboxylic acids is 2. The molecule has 10 heteroatoms. The Morgan fingerprint density at radius 1 is 1.22 bits per heavy atom. The molecule has 194 valence electrons. The van der Waals surface area contributed by atoms with Crippen LogP contribution < -0.4 is 10.2 Å². The standard InChI is InChI=1S/C26H35FN6O3/c1-26(2,3)33(25(35)29-20-7-4-8-20)22-10-9-18(16-21(22)27)24(34)32-13-11-31(12-14-32)17-19-6-5-15-36-23(19)30-28/h5-6,9-10,16,20,28H,4,7-8,11-15,17H2,1-3H3,(H,29,35). The van der Waals surface area contributed by atoms with Crippen molar-refractivity contribution in [3.63, 3.8) is 0 Å². The van der Waals surface area contributed by atoms with Gasteiger partial charge in [-0.1, -0.05) is 6.08 Å². The molecule has 1 saturated carbocycles. The van der Waals surface area contributed by atoms with Crippen molar-refractivity contribution in [3.8, 4) is 0 Å². The Balaban J connectivity index is 1.40. The van der Waals surface area contributed by atoms with Gasteiger partial charge < -0.3 is 15.0 Å². The first kappa shape index (κ1) is 25.8. The summed E-state index contributed by atoms with van der Waals surface area (Å²) in [7, 11) is 0. The first-order valence-electron chi connectivity index (χ1n) is 12.5. The molecule has 0 spiro atoms. The maximum absolute atomic E-state index is 15.3. The van der Waals surface area contributed by atoms with Crippen LogP contribution >= 0.6 is 0 Å². The van der Waals surface area contributed by atoms with Crippen molar-refractivity contribution >= 4 is 17.6 Å². The average molecular weight is 499 g/mol. The Morgan fingerprint density at radius 2 is 1.94 bits per heavy atom.